The fourth-order valence-corrected chi connectivity index (χ4v) is 3.47. The van der Waals surface area contributed by atoms with Crippen LogP contribution in [0.5, 0.6) is 23.0 Å². The molecular formula is C23H27N3O5. The second kappa shape index (κ2) is 10.5. The van der Waals surface area contributed by atoms with E-state index < -0.39 is 0 Å². The Bertz CT molecular complexity index is 906. The first kappa shape index (κ1) is 22.2. The van der Waals surface area contributed by atoms with Crippen molar-refractivity contribution in [2.45, 2.75) is 6.54 Å². The number of nitrogens with zero attached hydrogens (tertiary/aromatic N) is 3. The van der Waals surface area contributed by atoms with Crippen molar-refractivity contribution in [1.82, 2.24) is 9.80 Å². The van der Waals surface area contributed by atoms with Crippen molar-refractivity contribution in [3.63, 3.8) is 0 Å². The zero-order valence-corrected chi connectivity index (χ0v) is 18.1. The second-order valence-electron chi connectivity index (χ2n) is 7.12. The number of carbonyl (C=O) groups excluding carboxylic acids is 1. The summed E-state index contributed by atoms with van der Waals surface area (Å²) in [5, 5.41) is 8.90. The van der Waals surface area contributed by atoms with Gasteiger partial charge in [-0.3, -0.25) is 9.69 Å². The maximum atomic E-state index is 12.6. The molecular weight excluding hydrogens is 398 g/mol. The SMILES string of the molecule is COc1cc(OCC(=O)N2CCN(Cc3ccc(C#N)cc3)CC2)cc(OC)c1OC. The molecule has 2 aromatic rings. The Kier molecular flexibility index (Phi) is 7.57. The van der Waals surface area contributed by atoms with Crippen molar-refractivity contribution in [2.24, 2.45) is 0 Å². The Morgan fingerprint density at radius 1 is 0.968 bits per heavy atom. The molecule has 8 nitrogen and oxygen atoms in total. The number of ether oxygens (including phenoxy) is 4. The van der Waals surface area contributed by atoms with Crippen molar-refractivity contribution in [1.29, 1.82) is 5.26 Å². The first-order valence-electron chi connectivity index (χ1n) is 10.00. The van der Waals surface area contributed by atoms with Crippen LogP contribution in [-0.4, -0.2) is 69.8 Å². The summed E-state index contributed by atoms with van der Waals surface area (Å²) in [5.74, 6) is 1.83. The van der Waals surface area contributed by atoms with E-state index in [1.54, 1.807) is 12.1 Å². The number of methoxy groups -OCH3 is 3. The number of hydrogen-bond donors (Lipinski definition) is 0. The summed E-state index contributed by atoms with van der Waals surface area (Å²) in [7, 11) is 4.60. The number of piperazine rings is 1. The maximum Gasteiger partial charge on any atom is 0.260 e. The lowest BCUT2D eigenvalue weighted by atomic mass is 10.1. The normalized spacial score (nSPS) is 13.9. The molecule has 3 rings (SSSR count). The van der Waals surface area contributed by atoms with Gasteiger partial charge in [-0.15, -0.1) is 0 Å². The molecule has 1 aliphatic heterocycles. The smallest absolute Gasteiger partial charge is 0.260 e. The molecule has 1 fully saturated rings. The third-order valence-electron chi connectivity index (χ3n) is 5.21. The third-order valence-corrected chi connectivity index (χ3v) is 5.21. The van der Waals surface area contributed by atoms with E-state index in [9.17, 15) is 4.79 Å². The predicted molar refractivity (Wildman–Crippen MR) is 115 cm³/mol. The average molecular weight is 425 g/mol. The summed E-state index contributed by atoms with van der Waals surface area (Å²) >= 11 is 0. The van der Waals surface area contributed by atoms with Crippen molar-refractivity contribution >= 4 is 5.91 Å². The highest BCUT2D eigenvalue weighted by atomic mass is 16.5. The fraction of sp³-hybridized carbons (Fsp3) is 0.391. The lowest BCUT2D eigenvalue weighted by molar-refractivity contribution is -0.135. The summed E-state index contributed by atoms with van der Waals surface area (Å²) < 4.78 is 21.6. The topological polar surface area (TPSA) is 84.3 Å². The van der Waals surface area contributed by atoms with Crippen LogP contribution in [0.4, 0.5) is 0 Å². The van der Waals surface area contributed by atoms with Gasteiger partial charge in [-0.25, -0.2) is 0 Å². The van der Waals surface area contributed by atoms with Gasteiger partial charge in [-0.05, 0) is 17.7 Å². The summed E-state index contributed by atoms with van der Waals surface area (Å²) in [4.78, 5) is 16.7. The van der Waals surface area contributed by atoms with Crippen LogP contribution in [0.15, 0.2) is 36.4 Å². The predicted octanol–water partition coefficient (Wildman–Crippen LogP) is 2.31. The molecule has 1 heterocycles. The van der Waals surface area contributed by atoms with Gasteiger partial charge in [0.25, 0.3) is 5.91 Å². The third kappa shape index (κ3) is 5.58. The van der Waals surface area contributed by atoms with Gasteiger partial charge < -0.3 is 23.8 Å². The first-order chi connectivity index (χ1) is 15.1. The van der Waals surface area contributed by atoms with E-state index >= 15 is 0 Å². The Morgan fingerprint density at radius 3 is 2.10 bits per heavy atom. The first-order valence-corrected chi connectivity index (χ1v) is 10.00. The van der Waals surface area contributed by atoms with Crippen LogP contribution in [0.2, 0.25) is 0 Å². The Morgan fingerprint density at radius 2 is 1.58 bits per heavy atom. The Hall–Kier alpha value is -3.44. The number of rotatable bonds is 8. The van der Waals surface area contributed by atoms with Crippen molar-refractivity contribution in [3.05, 3.63) is 47.5 Å². The fourth-order valence-electron chi connectivity index (χ4n) is 3.47. The largest absolute Gasteiger partial charge is 0.493 e. The molecule has 2 aromatic carbocycles. The Labute approximate surface area is 182 Å². The summed E-state index contributed by atoms with van der Waals surface area (Å²) in [6.07, 6.45) is 0. The number of carbonyl (C=O) groups is 1. The zero-order chi connectivity index (χ0) is 22.2. The summed E-state index contributed by atoms with van der Waals surface area (Å²) in [6.45, 7) is 3.61. The lowest BCUT2D eigenvalue weighted by Gasteiger charge is -2.34. The maximum absolute atomic E-state index is 12.6. The van der Waals surface area contributed by atoms with Crippen LogP contribution >= 0.6 is 0 Å². The standard InChI is InChI=1S/C23H27N3O5/c1-28-20-12-19(13-21(29-2)23(20)30-3)31-16-22(27)26-10-8-25(9-11-26)15-18-6-4-17(14-24)5-7-18/h4-7,12-13H,8-11,15-16H2,1-3H3. The molecule has 0 spiro atoms. The molecule has 1 aliphatic rings. The molecule has 0 N–H and O–H groups in total. The van der Waals surface area contributed by atoms with Gasteiger partial charge in [0.1, 0.15) is 5.75 Å². The molecule has 1 saturated heterocycles. The van der Waals surface area contributed by atoms with Crippen molar-refractivity contribution < 1.29 is 23.7 Å². The Balaban J connectivity index is 1.50. The van der Waals surface area contributed by atoms with Crippen LogP contribution < -0.4 is 18.9 Å². The van der Waals surface area contributed by atoms with E-state index in [-0.39, 0.29) is 12.5 Å². The second-order valence-corrected chi connectivity index (χ2v) is 7.12. The van der Waals surface area contributed by atoms with Gasteiger partial charge in [0.15, 0.2) is 18.1 Å². The summed E-state index contributed by atoms with van der Waals surface area (Å²) in [5.41, 5.74) is 1.82. The van der Waals surface area contributed by atoms with E-state index in [0.29, 0.717) is 41.7 Å². The minimum atomic E-state index is -0.0632. The van der Waals surface area contributed by atoms with E-state index in [1.807, 2.05) is 29.2 Å². The van der Waals surface area contributed by atoms with Crippen molar-refractivity contribution in [2.75, 3.05) is 54.1 Å². The van der Waals surface area contributed by atoms with Crippen LogP contribution in [0.1, 0.15) is 11.1 Å². The molecule has 0 radical (unpaired) electrons. The zero-order valence-electron chi connectivity index (χ0n) is 18.1. The highest BCUT2D eigenvalue weighted by molar-refractivity contribution is 5.78. The number of amides is 1. The quantitative estimate of drug-likeness (QED) is 0.642. The highest BCUT2D eigenvalue weighted by Gasteiger charge is 2.22. The molecule has 1 amide bonds. The molecule has 31 heavy (non-hydrogen) atoms. The number of nitriles is 1. The molecule has 164 valence electrons. The average Bonchev–Trinajstić information content (AvgIpc) is 2.82. The monoisotopic (exact) mass is 425 g/mol. The molecule has 0 unspecified atom stereocenters. The molecule has 0 saturated carbocycles. The van der Waals surface area contributed by atoms with E-state index in [2.05, 4.69) is 11.0 Å². The molecule has 0 atom stereocenters. The van der Waals surface area contributed by atoms with E-state index in [1.165, 1.54) is 21.3 Å². The molecule has 0 aromatic heterocycles. The molecule has 8 heteroatoms. The van der Waals surface area contributed by atoms with Crippen LogP contribution in [0.25, 0.3) is 0 Å². The van der Waals surface area contributed by atoms with Gasteiger partial charge >= 0.3 is 0 Å². The minimum Gasteiger partial charge on any atom is -0.493 e. The molecule has 0 bridgehead atoms. The van der Waals surface area contributed by atoms with Crippen molar-refractivity contribution in [3.8, 4) is 29.1 Å². The highest BCUT2D eigenvalue weighted by Crippen LogP contribution is 2.40. The number of hydrogen-bond acceptors (Lipinski definition) is 7. The van der Waals surface area contributed by atoms with E-state index in [4.69, 9.17) is 24.2 Å². The number of benzene rings is 2. The van der Waals surface area contributed by atoms with Gasteiger partial charge in [-0.1, -0.05) is 12.1 Å². The molecule has 0 aliphatic carbocycles. The van der Waals surface area contributed by atoms with Crippen LogP contribution in [0.3, 0.4) is 0 Å². The van der Waals surface area contributed by atoms with Gasteiger partial charge in [0.2, 0.25) is 5.75 Å². The summed E-state index contributed by atoms with van der Waals surface area (Å²) in [6, 6.07) is 13.1. The van der Waals surface area contributed by atoms with Gasteiger partial charge in [-0.2, -0.15) is 5.26 Å². The van der Waals surface area contributed by atoms with E-state index in [0.717, 1.165) is 25.2 Å². The minimum absolute atomic E-state index is 0.0613. The van der Waals surface area contributed by atoms with Gasteiger partial charge in [0.05, 0.1) is 33.0 Å². The van der Waals surface area contributed by atoms with Crippen LogP contribution in [-0.2, 0) is 11.3 Å². The lowest BCUT2D eigenvalue weighted by Crippen LogP contribution is -2.49. The van der Waals surface area contributed by atoms with Gasteiger partial charge in [0, 0.05) is 44.9 Å². The van der Waals surface area contributed by atoms with Crippen LogP contribution in [0, 0.1) is 11.3 Å².